The van der Waals surface area contributed by atoms with Crippen molar-refractivity contribution in [2.75, 3.05) is 12.8 Å². The lowest BCUT2D eigenvalue weighted by Gasteiger charge is -2.15. The molecule has 2 heterocycles. The lowest BCUT2D eigenvalue weighted by atomic mass is 10.2. The Morgan fingerprint density at radius 2 is 2.00 bits per heavy atom. The Morgan fingerprint density at radius 3 is 2.71 bits per heavy atom. The Morgan fingerprint density at radius 1 is 1.25 bits per heavy atom. The maximum Gasteiger partial charge on any atom is 0.233 e. The van der Waals surface area contributed by atoms with Crippen molar-refractivity contribution in [1.82, 2.24) is 19.7 Å². The summed E-state index contributed by atoms with van der Waals surface area (Å²) in [6.07, 6.45) is 2.36. The molecule has 8 heteroatoms. The van der Waals surface area contributed by atoms with E-state index >= 15 is 0 Å². The number of halogens is 1. The van der Waals surface area contributed by atoms with E-state index in [4.69, 9.17) is 16.0 Å². The molecule has 3 aromatic rings. The monoisotopic (exact) mass is 416 g/mol. The molecule has 4 rings (SSSR count). The van der Waals surface area contributed by atoms with Gasteiger partial charge in [-0.3, -0.25) is 4.79 Å². The van der Waals surface area contributed by atoms with Gasteiger partial charge in [-0.2, -0.15) is 0 Å². The number of nitrogens with zero attached hydrogens (tertiary/aromatic N) is 4. The van der Waals surface area contributed by atoms with Crippen LogP contribution in [0.3, 0.4) is 0 Å². The Labute approximate surface area is 172 Å². The van der Waals surface area contributed by atoms with Gasteiger partial charge in [0.05, 0.1) is 12.3 Å². The van der Waals surface area contributed by atoms with Gasteiger partial charge in [0.15, 0.2) is 5.16 Å². The zero-order valence-electron chi connectivity index (χ0n) is 15.8. The minimum atomic E-state index is 0.0189. The van der Waals surface area contributed by atoms with Gasteiger partial charge in [0, 0.05) is 30.6 Å². The maximum absolute atomic E-state index is 12.5. The maximum atomic E-state index is 12.5. The number of aromatic nitrogens is 3. The van der Waals surface area contributed by atoms with E-state index in [9.17, 15) is 4.79 Å². The minimum absolute atomic E-state index is 0.0189. The van der Waals surface area contributed by atoms with E-state index in [2.05, 4.69) is 10.2 Å². The zero-order chi connectivity index (χ0) is 19.7. The second kappa shape index (κ2) is 8.01. The topological polar surface area (TPSA) is 64.2 Å². The van der Waals surface area contributed by atoms with Crippen LogP contribution in [0.5, 0.6) is 0 Å². The molecule has 2 aromatic heterocycles. The number of hydrogen-bond donors (Lipinski definition) is 0. The van der Waals surface area contributed by atoms with Crippen LogP contribution in [0.1, 0.15) is 30.3 Å². The molecule has 1 aliphatic rings. The number of amides is 1. The summed E-state index contributed by atoms with van der Waals surface area (Å²) < 4.78 is 7.88. The average Bonchev–Trinajstić information content (AvgIpc) is 3.31. The van der Waals surface area contributed by atoms with Crippen LogP contribution >= 0.6 is 23.4 Å². The Bertz CT molecular complexity index is 979. The van der Waals surface area contributed by atoms with Gasteiger partial charge in [-0.1, -0.05) is 23.4 Å². The molecule has 1 fully saturated rings. The van der Waals surface area contributed by atoms with E-state index in [1.165, 1.54) is 24.6 Å². The van der Waals surface area contributed by atoms with Crippen LogP contribution in [-0.4, -0.2) is 38.4 Å². The van der Waals surface area contributed by atoms with Crippen molar-refractivity contribution in [3.05, 3.63) is 53.0 Å². The van der Waals surface area contributed by atoms with Crippen LogP contribution in [0.2, 0.25) is 5.02 Å². The molecule has 0 N–H and O–H groups in total. The van der Waals surface area contributed by atoms with E-state index in [1.807, 2.05) is 48.0 Å². The van der Waals surface area contributed by atoms with Crippen LogP contribution in [0.25, 0.3) is 11.3 Å². The highest BCUT2D eigenvalue weighted by molar-refractivity contribution is 7.99. The van der Waals surface area contributed by atoms with E-state index in [-0.39, 0.29) is 5.91 Å². The van der Waals surface area contributed by atoms with Gasteiger partial charge in [0.2, 0.25) is 5.91 Å². The quantitative estimate of drug-likeness (QED) is 0.535. The molecule has 1 amide bonds. The third-order valence-electron chi connectivity index (χ3n) is 4.74. The van der Waals surface area contributed by atoms with Crippen molar-refractivity contribution >= 4 is 29.3 Å². The molecule has 0 radical (unpaired) electrons. The Hall–Kier alpha value is -2.25. The number of hydrogen-bond acceptors (Lipinski definition) is 5. The fraction of sp³-hybridized carbons (Fsp3) is 0.350. The number of furan rings is 1. The average molecular weight is 417 g/mol. The van der Waals surface area contributed by atoms with Gasteiger partial charge in [-0.25, -0.2) is 0 Å². The normalized spacial score (nSPS) is 13.7. The third kappa shape index (κ3) is 4.25. The first-order valence-corrected chi connectivity index (χ1v) is 10.5. The molecule has 0 unspecified atom stereocenters. The zero-order valence-corrected chi connectivity index (χ0v) is 17.3. The largest absolute Gasteiger partial charge is 0.459 e. The molecule has 0 bridgehead atoms. The number of thioether (sulfide) groups is 1. The highest BCUT2D eigenvalue weighted by Crippen LogP contribution is 2.39. The first kappa shape index (κ1) is 19.1. The van der Waals surface area contributed by atoms with Gasteiger partial charge < -0.3 is 13.9 Å². The van der Waals surface area contributed by atoms with Crippen LogP contribution in [0.4, 0.5) is 0 Å². The molecular formula is C20H21ClN4O2S. The predicted molar refractivity (Wildman–Crippen MR) is 109 cm³/mol. The van der Waals surface area contributed by atoms with Crippen LogP contribution in [0, 0.1) is 0 Å². The van der Waals surface area contributed by atoms with Gasteiger partial charge in [-0.15, -0.1) is 10.2 Å². The van der Waals surface area contributed by atoms with Crippen molar-refractivity contribution in [2.45, 2.75) is 30.5 Å². The highest BCUT2D eigenvalue weighted by Gasteiger charge is 2.29. The molecule has 1 aromatic carbocycles. The number of carbonyl (C=O) groups excluding carboxylic acids is 1. The summed E-state index contributed by atoms with van der Waals surface area (Å²) in [5, 5.41) is 9.93. The van der Waals surface area contributed by atoms with Crippen LogP contribution in [-0.2, 0) is 18.4 Å². The first-order chi connectivity index (χ1) is 13.5. The summed E-state index contributed by atoms with van der Waals surface area (Å²) in [6, 6.07) is 11.3. The SMILES string of the molecule is CN(Cc1ccc(-c2ccc(Cl)cc2)o1)C(=O)CSc1nnc(C2CC2)n1C. The van der Waals surface area contributed by atoms with Crippen molar-refractivity contribution in [2.24, 2.45) is 7.05 Å². The lowest BCUT2D eigenvalue weighted by molar-refractivity contribution is -0.127. The third-order valence-corrected chi connectivity index (χ3v) is 6.00. The Balaban J connectivity index is 1.32. The summed E-state index contributed by atoms with van der Waals surface area (Å²) in [7, 11) is 3.74. The standard InChI is InChI=1S/C20H21ClN4O2S/c1-24(11-16-9-10-17(27-16)13-5-7-15(21)8-6-13)18(26)12-28-20-23-22-19(25(20)2)14-3-4-14/h5-10,14H,3-4,11-12H2,1-2H3. The van der Waals surface area contributed by atoms with E-state index < -0.39 is 0 Å². The molecule has 0 saturated heterocycles. The van der Waals surface area contributed by atoms with Crippen molar-refractivity contribution in [3.63, 3.8) is 0 Å². The van der Waals surface area contributed by atoms with Gasteiger partial charge in [0.1, 0.15) is 17.3 Å². The summed E-state index contributed by atoms with van der Waals surface area (Å²) in [6.45, 7) is 0.416. The second-order valence-electron chi connectivity index (χ2n) is 6.99. The predicted octanol–water partition coefficient (Wildman–Crippen LogP) is 4.36. The molecule has 1 saturated carbocycles. The summed E-state index contributed by atoms with van der Waals surface area (Å²) in [5.74, 6) is 3.39. The van der Waals surface area contributed by atoms with Crippen molar-refractivity contribution in [1.29, 1.82) is 0 Å². The summed E-state index contributed by atoms with van der Waals surface area (Å²) in [5.41, 5.74) is 0.953. The highest BCUT2D eigenvalue weighted by atomic mass is 35.5. The summed E-state index contributed by atoms with van der Waals surface area (Å²) >= 11 is 7.34. The van der Waals surface area contributed by atoms with Crippen molar-refractivity contribution in [3.8, 4) is 11.3 Å². The molecule has 6 nitrogen and oxygen atoms in total. The molecule has 0 aliphatic heterocycles. The van der Waals surface area contributed by atoms with Gasteiger partial charge in [0.25, 0.3) is 0 Å². The van der Waals surface area contributed by atoms with Gasteiger partial charge in [-0.05, 0) is 49.2 Å². The van der Waals surface area contributed by atoms with E-state index in [0.29, 0.717) is 23.2 Å². The number of carbonyl (C=O) groups is 1. The second-order valence-corrected chi connectivity index (χ2v) is 8.36. The molecule has 1 aliphatic carbocycles. The van der Waals surface area contributed by atoms with E-state index in [1.54, 1.807) is 11.9 Å². The summed E-state index contributed by atoms with van der Waals surface area (Å²) in [4.78, 5) is 14.2. The minimum Gasteiger partial charge on any atom is -0.459 e. The number of benzene rings is 1. The first-order valence-electron chi connectivity index (χ1n) is 9.12. The van der Waals surface area contributed by atoms with Crippen LogP contribution < -0.4 is 0 Å². The molecule has 28 heavy (non-hydrogen) atoms. The van der Waals surface area contributed by atoms with Crippen molar-refractivity contribution < 1.29 is 9.21 Å². The molecular weight excluding hydrogens is 396 g/mol. The van der Waals surface area contributed by atoms with Gasteiger partial charge >= 0.3 is 0 Å². The fourth-order valence-electron chi connectivity index (χ4n) is 2.94. The molecule has 0 atom stereocenters. The Kier molecular flexibility index (Phi) is 5.46. The smallest absolute Gasteiger partial charge is 0.233 e. The van der Waals surface area contributed by atoms with Crippen LogP contribution in [0.15, 0.2) is 46.0 Å². The lowest BCUT2D eigenvalue weighted by Crippen LogP contribution is -2.27. The van der Waals surface area contributed by atoms with E-state index in [0.717, 1.165) is 28.1 Å². The molecule has 0 spiro atoms. The fourth-order valence-corrected chi connectivity index (χ4v) is 3.92. The number of rotatable bonds is 7. The molecule has 146 valence electrons.